The Hall–Kier alpha value is -3.86. The fraction of sp³-hybridized carbons (Fsp3) is 0.0588. The first-order valence-electron chi connectivity index (χ1n) is 8.03. The lowest BCUT2D eigenvalue weighted by atomic mass is 10.2. The molecule has 0 atom stereocenters. The second-order valence-electron chi connectivity index (χ2n) is 5.63. The van der Waals surface area contributed by atoms with Crippen molar-refractivity contribution in [1.82, 2.24) is 19.8 Å². The summed E-state index contributed by atoms with van der Waals surface area (Å²) in [5.74, 6) is 0.0317. The molecule has 1 amide bonds. The van der Waals surface area contributed by atoms with E-state index >= 15 is 0 Å². The number of benzene rings is 2. The van der Waals surface area contributed by atoms with Gasteiger partial charge in [-0.1, -0.05) is 11.3 Å². The van der Waals surface area contributed by atoms with Crippen LogP contribution in [0.3, 0.4) is 0 Å². The van der Waals surface area contributed by atoms with Crippen molar-refractivity contribution in [1.29, 1.82) is 0 Å². The number of hydrogen-bond acceptors (Lipinski definition) is 8. The van der Waals surface area contributed by atoms with Gasteiger partial charge in [-0.15, -0.1) is 10.2 Å². The fourth-order valence-electron chi connectivity index (χ4n) is 2.38. The topological polar surface area (TPSA) is 125 Å². The second-order valence-corrected chi connectivity index (χ2v) is 6.59. The number of non-ortho nitro benzene ring substituents is 1. The monoisotopic (exact) mass is 396 g/mol. The van der Waals surface area contributed by atoms with Crippen LogP contribution in [-0.2, 0) is 4.79 Å². The second kappa shape index (κ2) is 7.40. The van der Waals surface area contributed by atoms with Crippen molar-refractivity contribution in [2.24, 2.45) is 0 Å². The van der Waals surface area contributed by atoms with E-state index < -0.39 is 4.92 Å². The van der Waals surface area contributed by atoms with Crippen LogP contribution in [0.5, 0.6) is 5.75 Å². The molecule has 0 aliphatic heterocycles. The molecule has 10 nitrogen and oxygen atoms in total. The number of rotatable bonds is 6. The molecular weight excluding hydrogens is 384 g/mol. The van der Waals surface area contributed by atoms with Crippen LogP contribution in [0.1, 0.15) is 0 Å². The quantitative estimate of drug-likeness (QED) is 0.392. The van der Waals surface area contributed by atoms with Crippen LogP contribution in [0.25, 0.3) is 15.5 Å². The molecule has 140 valence electrons. The number of nitrogens with zero attached hydrogens (tertiary/aromatic N) is 5. The van der Waals surface area contributed by atoms with E-state index in [-0.39, 0.29) is 18.2 Å². The molecule has 2 heterocycles. The molecule has 0 aliphatic rings. The molecule has 0 bridgehead atoms. The highest BCUT2D eigenvalue weighted by atomic mass is 32.1. The molecule has 0 saturated carbocycles. The molecule has 4 rings (SSSR count). The van der Waals surface area contributed by atoms with Crippen LogP contribution in [0.4, 0.5) is 11.4 Å². The third-order valence-electron chi connectivity index (χ3n) is 3.72. The summed E-state index contributed by atoms with van der Waals surface area (Å²) >= 11 is 1.41. The van der Waals surface area contributed by atoms with Crippen LogP contribution in [-0.4, -0.2) is 37.2 Å². The number of ether oxygens (including phenoxy) is 1. The Bertz CT molecular complexity index is 1110. The maximum Gasteiger partial charge on any atom is 0.269 e. The van der Waals surface area contributed by atoms with Crippen LogP contribution in [0.2, 0.25) is 0 Å². The molecule has 1 N–H and O–H groups in total. The number of anilines is 1. The van der Waals surface area contributed by atoms with Crippen molar-refractivity contribution in [3.63, 3.8) is 0 Å². The summed E-state index contributed by atoms with van der Waals surface area (Å²) in [6, 6.07) is 12.7. The van der Waals surface area contributed by atoms with E-state index in [1.807, 2.05) is 12.1 Å². The normalized spacial score (nSPS) is 10.7. The van der Waals surface area contributed by atoms with Gasteiger partial charge in [0.05, 0.1) is 4.92 Å². The van der Waals surface area contributed by atoms with Crippen molar-refractivity contribution in [3.8, 4) is 16.3 Å². The van der Waals surface area contributed by atoms with Gasteiger partial charge in [0.2, 0.25) is 4.96 Å². The van der Waals surface area contributed by atoms with Crippen molar-refractivity contribution >= 4 is 33.6 Å². The van der Waals surface area contributed by atoms with Crippen molar-refractivity contribution < 1.29 is 14.5 Å². The maximum absolute atomic E-state index is 12.0. The lowest BCUT2D eigenvalue weighted by Gasteiger charge is -2.08. The van der Waals surface area contributed by atoms with Gasteiger partial charge in [0.1, 0.15) is 17.1 Å². The van der Waals surface area contributed by atoms with Gasteiger partial charge in [0.25, 0.3) is 11.6 Å². The Morgan fingerprint density at radius 3 is 2.61 bits per heavy atom. The maximum atomic E-state index is 12.0. The van der Waals surface area contributed by atoms with E-state index in [0.29, 0.717) is 16.4 Å². The summed E-state index contributed by atoms with van der Waals surface area (Å²) in [5, 5.41) is 26.2. The molecule has 0 radical (unpaired) electrons. The Kier molecular flexibility index (Phi) is 4.64. The van der Waals surface area contributed by atoms with E-state index in [1.54, 1.807) is 16.6 Å². The smallest absolute Gasteiger partial charge is 0.269 e. The fourth-order valence-corrected chi connectivity index (χ4v) is 3.21. The molecule has 2 aromatic heterocycles. The van der Waals surface area contributed by atoms with E-state index in [1.165, 1.54) is 41.9 Å². The third-order valence-corrected chi connectivity index (χ3v) is 4.68. The summed E-state index contributed by atoms with van der Waals surface area (Å²) in [5.41, 5.74) is 1.47. The molecule has 0 spiro atoms. The van der Waals surface area contributed by atoms with Gasteiger partial charge in [-0.05, 0) is 36.4 Å². The number of amides is 1. The number of hydrogen-bond donors (Lipinski definition) is 1. The van der Waals surface area contributed by atoms with Crippen LogP contribution in [0, 0.1) is 10.1 Å². The molecule has 0 aliphatic carbocycles. The number of fused-ring (bicyclic) bond motifs is 1. The van der Waals surface area contributed by atoms with E-state index in [0.717, 1.165) is 10.6 Å². The van der Waals surface area contributed by atoms with Crippen LogP contribution >= 0.6 is 11.3 Å². The highest BCUT2D eigenvalue weighted by Crippen LogP contribution is 2.25. The van der Waals surface area contributed by atoms with Crippen LogP contribution in [0.15, 0.2) is 54.9 Å². The molecule has 2 aromatic carbocycles. The minimum absolute atomic E-state index is 0.0401. The molecule has 0 unspecified atom stereocenters. The van der Waals surface area contributed by atoms with Gasteiger partial charge >= 0.3 is 0 Å². The zero-order valence-electron chi connectivity index (χ0n) is 14.2. The number of carbonyl (C=O) groups is 1. The minimum Gasteiger partial charge on any atom is -0.484 e. The van der Waals surface area contributed by atoms with Crippen LogP contribution < -0.4 is 10.1 Å². The van der Waals surface area contributed by atoms with Crippen molar-refractivity contribution in [2.75, 3.05) is 11.9 Å². The number of aromatic nitrogens is 4. The van der Waals surface area contributed by atoms with E-state index in [4.69, 9.17) is 4.74 Å². The summed E-state index contributed by atoms with van der Waals surface area (Å²) in [4.78, 5) is 22.8. The third kappa shape index (κ3) is 3.78. The zero-order chi connectivity index (χ0) is 19.5. The SMILES string of the molecule is O=C(COc1ccc([N+](=O)[O-])cc1)Nc1ccc(-c2nn3cnnc3s2)cc1. The van der Waals surface area contributed by atoms with Gasteiger partial charge in [0, 0.05) is 23.4 Å². The largest absolute Gasteiger partial charge is 0.484 e. The Labute approximate surface area is 161 Å². The molecule has 28 heavy (non-hydrogen) atoms. The Morgan fingerprint density at radius 1 is 1.18 bits per heavy atom. The van der Waals surface area contributed by atoms with Gasteiger partial charge < -0.3 is 10.1 Å². The Balaban J connectivity index is 1.34. The van der Waals surface area contributed by atoms with Gasteiger partial charge in [-0.2, -0.15) is 9.61 Å². The van der Waals surface area contributed by atoms with Crippen molar-refractivity contribution in [2.45, 2.75) is 0 Å². The zero-order valence-corrected chi connectivity index (χ0v) is 15.0. The lowest BCUT2D eigenvalue weighted by molar-refractivity contribution is -0.384. The van der Waals surface area contributed by atoms with Gasteiger partial charge in [0.15, 0.2) is 6.61 Å². The highest BCUT2D eigenvalue weighted by Gasteiger charge is 2.09. The lowest BCUT2D eigenvalue weighted by Crippen LogP contribution is -2.20. The molecule has 4 aromatic rings. The number of nitro groups is 1. The van der Waals surface area contributed by atoms with Gasteiger partial charge in [-0.3, -0.25) is 14.9 Å². The average molecular weight is 396 g/mol. The number of carbonyl (C=O) groups excluding carboxylic acids is 1. The first-order chi connectivity index (χ1) is 13.6. The Morgan fingerprint density at radius 2 is 1.93 bits per heavy atom. The number of nitro benzene ring substituents is 1. The minimum atomic E-state index is -0.499. The first-order valence-corrected chi connectivity index (χ1v) is 8.84. The molecule has 0 saturated heterocycles. The summed E-state index contributed by atoms with van der Waals surface area (Å²) in [7, 11) is 0. The highest BCUT2D eigenvalue weighted by molar-refractivity contribution is 7.19. The summed E-state index contributed by atoms with van der Waals surface area (Å²) < 4.78 is 6.94. The average Bonchev–Trinajstić information content (AvgIpc) is 3.29. The van der Waals surface area contributed by atoms with E-state index in [2.05, 4.69) is 20.6 Å². The molecule has 0 fully saturated rings. The van der Waals surface area contributed by atoms with Gasteiger partial charge in [-0.25, -0.2) is 0 Å². The summed E-state index contributed by atoms with van der Waals surface area (Å²) in [6.45, 7) is -0.212. The predicted molar refractivity (Wildman–Crippen MR) is 101 cm³/mol. The summed E-state index contributed by atoms with van der Waals surface area (Å²) in [6.07, 6.45) is 1.54. The van der Waals surface area contributed by atoms with E-state index in [9.17, 15) is 14.9 Å². The first kappa shape index (κ1) is 17.5. The molecule has 11 heteroatoms. The molecular formula is C17H12N6O4S. The van der Waals surface area contributed by atoms with Crippen molar-refractivity contribution in [3.05, 3.63) is 65.0 Å². The standard InChI is InChI=1S/C17H12N6O4S/c24-15(9-27-14-7-5-13(6-8-14)23(25)26)19-12-3-1-11(2-4-12)16-21-22-10-18-20-17(22)28-16/h1-8,10H,9H2,(H,19,24). The number of nitrogens with one attached hydrogen (secondary N) is 1. The predicted octanol–water partition coefficient (Wildman–Crippen LogP) is 2.78.